The number of hydrogen-bond acceptors (Lipinski definition) is 3. The SMILES string of the molecule is CN(CC(N)=O)Cc1ccccc1C=CC(=O)O. The average molecular weight is 248 g/mol. The molecule has 0 unspecified atom stereocenters. The van der Waals surface area contributed by atoms with Gasteiger partial charge in [0.1, 0.15) is 0 Å². The second-order valence-electron chi connectivity index (χ2n) is 4.01. The van der Waals surface area contributed by atoms with Gasteiger partial charge in [0.05, 0.1) is 6.54 Å². The fourth-order valence-electron chi connectivity index (χ4n) is 1.61. The molecule has 1 amide bonds. The van der Waals surface area contributed by atoms with Gasteiger partial charge in [0.15, 0.2) is 0 Å². The van der Waals surface area contributed by atoms with E-state index in [4.69, 9.17) is 10.8 Å². The summed E-state index contributed by atoms with van der Waals surface area (Å²) in [7, 11) is 1.78. The lowest BCUT2D eigenvalue weighted by atomic mass is 10.1. The molecule has 18 heavy (non-hydrogen) atoms. The second-order valence-corrected chi connectivity index (χ2v) is 4.01. The first-order chi connectivity index (χ1) is 8.49. The molecule has 0 fully saturated rings. The van der Waals surface area contributed by atoms with E-state index in [9.17, 15) is 9.59 Å². The van der Waals surface area contributed by atoms with Crippen molar-refractivity contribution in [2.75, 3.05) is 13.6 Å². The highest BCUT2D eigenvalue weighted by atomic mass is 16.4. The van der Waals surface area contributed by atoms with Gasteiger partial charge in [-0.2, -0.15) is 0 Å². The zero-order valence-electron chi connectivity index (χ0n) is 10.2. The molecule has 96 valence electrons. The average Bonchev–Trinajstić information content (AvgIpc) is 2.26. The first-order valence-electron chi connectivity index (χ1n) is 5.45. The third-order valence-corrected chi connectivity index (χ3v) is 2.33. The molecule has 0 radical (unpaired) electrons. The van der Waals surface area contributed by atoms with E-state index in [1.807, 2.05) is 24.3 Å². The standard InChI is InChI=1S/C13H16N2O3/c1-15(9-12(14)16)8-11-5-3-2-4-10(11)6-7-13(17)18/h2-7H,8-9H2,1H3,(H2,14,16)(H,17,18). The molecule has 0 spiro atoms. The van der Waals surface area contributed by atoms with Crippen molar-refractivity contribution in [3.05, 3.63) is 41.5 Å². The predicted molar refractivity (Wildman–Crippen MR) is 68.6 cm³/mol. The number of benzene rings is 1. The van der Waals surface area contributed by atoms with Crippen molar-refractivity contribution in [1.82, 2.24) is 4.90 Å². The number of rotatable bonds is 6. The smallest absolute Gasteiger partial charge is 0.328 e. The Balaban J connectivity index is 2.82. The number of nitrogens with two attached hydrogens (primary N) is 1. The van der Waals surface area contributed by atoms with Gasteiger partial charge in [-0.3, -0.25) is 9.69 Å². The topological polar surface area (TPSA) is 83.6 Å². The minimum absolute atomic E-state index is 0.164. The second kappa shape index (κ2) is 6.56. The van der Waals surface area contributed by atoms with Crippen LogP contribution >= 0.6 is 0 Å². The molecule has 1 aromatic carbocycles. The van der Waals surface area contributed by atoms with Gasteiger partial charge in [0.25, 0.3) is 0 Å². The van der Waals surface area contributed by atoms with Gasteiger partial charge in [0, 0.05) is 12.6 Å². The van der Waals surface area contributed by atoms with Crippen molar-refractivity contribution < 1.29 is 14.7 Å². The van der Waals surface area contributed by atoms with E-state index in [-0.39, 0.29) is 6.54 Å². The first kappa shape index (κ1) is 13.9. The maximum absolute atomic E-state index is 10.8. The third-order valence-electron chi connectivity index (χ3n) is 2.33. The molecular weight excluding hydrogens is 232 g/mol. The number of aliphatic carboxylic acids is 1. The largest absolute Gasteiger partial charge is 0.478 e. The van der Waals surface area contributed by atoms with Crippen molar-refractivity contribution in [2.45, 2.75) is 6.54 Å². The predicted octanol–water partition coefficient (Wildman–Crippen LogP) is 0.702. The molecule has 5 heteroatoms. The maximum atomic E-state index is 10.8. The molecule has 5 nitrogen and oxygen atoms in total. The molecule has 1 rings (SSSR count). The van der Waals surface area contributed by atoms with Crippen LogP contribution in [0.25, 0.3) is 6.08 Å². The molecule has 0 aliphatic carbocycles. The highest BCUT2D eigenvalue weighted by Gasteiger charge is 2.06. The van der Waals surface area contributed by atoms with E-state index in [0.29, 0.717) is 6.54 Å². The molecule has 0 aliphatic rings. The van der Waals surface area contributed by atoms with E-state index < -0.39 is 11.9 Å². The van der Waals surface area contributed by atoms with Crippen LogP contribution in [0.1, 0.15) is 11.1 Å². The van der Waals surface area contributed by atoms with E-state index in [2.05, 4.69) is 0 Å². The number of primary amides is 1. The minimum atomic E-state index is -0.990. The molecule has 0 aromatic heterocycles. The van der Waals surface area contributed by atoms with Gasteiger partial charge in [0.2, 0.25) is 5.91 Å². The molecule has 1 aromatic rings. The van der Waals surface area contributed by atoms with Crippen LogP contribution in [0.5, 0.6) is 0 Å². The zero-order valence-corrected chi connectivity index (χ0v) is 10.2. The Labute approximate surface area is 106 Å². The summed E-state index contributed by atoms with van der Waals surface area (Å²) in [6.45, 7) is 0.694. The van der Waals surface area contributed by atoms with Gasteiger partial charge in [-0.05, 0) is 24.3 Å². The Hall–Kier alpha value is -2.14. The van der Waals surface area contributed by atoms with Crippen molar-refractivity contribution in [1.29, 1.82) is 0 Å². The Morgan fingerprint density at radius 3 is 2.67 bits per heavy atom. The summed E-state index contributed by atoms with van der Waals surface area (Å²) in [6, 6.07) is 7.41. The van der Waals surface area contributed by atoms with Crippen molar-refractivity contribution in [3.8, 4) is 0 Å². The van der Waals surface area contributed by atoms with E-state index in [1.54, 1.807) is 11.9 Å². The molecule has 3 N–H and O–H groups in total. The van der Waals surface area contributed by atoms with Crippen molar-refractivity contribution >= 4 is 18.0 Å². The van der Waals surface area contributed by atoms with Crippen molar-refractivity contribution in [3.63, 3.8) is 0 Å². The summed E-state index contributed by atoms with van der Waals surface area (Å²) in [5.74, 6) is -1.38. The quantitative estimate of drug-likeness (QED) is 0.726. The summed E-state index contributed by atoms with van der Waals surface area (Å²) in [4.78, 5) is 23.1. The summed E-state index contributed by atoms with van der Waals surface area (Å²) in [5, 5.41) is 8.61. The van der Waals surface area contributed by atoms with Crippen LogP contribution in [0.3, 0.4) is 0 Å². The number of likely N-dealkylation sites (N-methyl/N-ethyl adjacent to an activating group) is 1. The summed E-state index contributed by atoms with van der Waals surface area (Å²) in [5.41, 5.74) is 6.87. The monoisotopic (exact) mass is 248 g/mol. The van der Waals surface area contributed by atoms with Gasteiger partial charge >= 0.3 is 5.97 Å². The van der Waals surface area contributed by atoms with Gasteiger partial charge in [-0.1, -0.05) is 24.3 Å². The maximum Gasteiger partial charge on any atom is 0.328 e. The Bertz CT molecular complexity index is 469. The number of carbonyl (C=O) groups is 2. The minimum Gasteiger partial charge on any atom is -0.478 e. The third kappa shape index (κ3) is 4.80. The molecule has 0 atom stereocenters. The fourth-order valence-corrected chi connectivity index (χ4v) is 1.61. The number of carbonyl (C=O) groups excluding carboxylic acids is 1. The lowest BCUT2D eigenvalue weighted by Crippen LogP contribution is -2.30. The van der Waals surface area contributed by atoms with Crippen molar-refractivity contribution in [2.24, 2.45) is 5.73 Å². The van der Waals surface area contributed by atoms with Crippen LogP contribution in [0.15, 0.2) is 30.3 Å². The number of hydrogen-bond donors (Lipinski definition) is 2. The lowest BCUT2D eigenvalue weighted by molar-refractivity contribution is -0.131. The number of nitrogens with zero attached hydrogens (tertiary/aromatic N) is 1. The summed E-state index contributed by atoms with van der Waals surface area (Å²) < 4.78 is 0. The van der Waals surface area contributed by atoms with Gasteiger partial charge in [-0.25, -0.2) is 4.79 Å². The number of carboxylic acids is 1. The summed E-state index contributed by atoms with van der Waals surface area (Å²) >= 11 is 0. The van der Waals surface area contributed by atoms with E-state index >= 15 is 0 Å². The Kier molecular flexibility index (Phi) is 5.07. The van der Waals surface area contributed by atoms with Crippen LogP contribution in [0, 0.1) is 0 Å². The van der Waals surface area contributed by atoms with Crippen LogP contribution < -0.4 is 5.73 Å². The molecule has 0 saturated carbocycles. The normalized spacial score (nSPS) is 11.0. The molecule has 0 aliphatic heterocycles. The Morgan fingerprint density at radius 1 is 1.39 bits per heavy atom. The fraction of sp³-hybridized carbons (Fsp3) is 0.231. The highest BCUT2D eigenvalue weighted by molar-refractivity contribution is 5.85. The number of amides is 1. The van der Waals surface area contributed by atoms with Crippen LogP contribution in [0.4, 0.5) is 0 Å². The zero-order chi connectivity index (χ0) is 13.5. The summed E-state index contributed by atoms with van der Waals surface area (Å²) in [6.07, 6.45) is 2.63. The van der Waals surface area contributed by atoms with Gasteiger partial charge < -0.3 is 10.8 Å². The van der Waals surface area contributed by atoms with Crippen LogP contribution in [0.2, 0.25) is 0 Å². The molecular formula is C13H16N2O3. The highest BCUT2D eigenvalue weighted by Crippen LogP contribution is 2.12. The molecule has 0 saturated heterocycles. The van der Waals surface area contributed by atoms with E-state index in [0.717, 1.165) is 17.2 Å². The van der Waals surface area contributed by atoms with Crippen LogP contribution in [-0.2, 0) is 16.1 Å². The molecule has 0 bridgehead atoms. The first-order valence-corrected chi connectivity index (χ1v) is 5.45. The lowest BCUT2D eigenvalue weighted by Gasteiger charge is -2.16. The van der Waals surface area contributed by atoms with Gasteiger partial charge in [-0.15, -0.1) is 0 Å². The van der Waals surface area contributed by atoms with Crippen LogP contribution in [-0.4, -0.2) is 35.5 Å². The number of carboxylic acid groups (broad SMARTS) is 1. The molecule has 0 heterocycles. The Morgan fingerprint density at radius 2 is 2.06 bits per heavy atom. The van der Waals surface area contributed by atoms with E-state index in [1.165, 1.54) is 6.08 Å².